The second kappa shape index (κ2) is 5.80. The van der Waals surface area contributed by atoms with Crippen molar-refractivity contribution >= 4 is 21.8 Å². The standard InChI is InChI=1S/C13H15BrFNO2/c14-12-2-1-10(15)7-11(12)13(18)16-5-3-9(8-16)4-6-17/h1-2,7,9,17H,3-6,8H2. The number of hydrogen-bond donors (Lipinski definition) is 1. The molecule has 0 aromatic heterocycles. The first-order chi connectivity index (χ1) is 8.61. The predicted molar refractivity (Wildman–Crippen MR) is 69.8 cm³/mol. The van der Waals surface area contributed by atoms with E-state index in [0.29, 0.717) is 35.5 Å². The molecular formula is C13H15BrFNO2. The van der Waals surface area contributed by atoms with E-state index in [4.69, 9.17) is 5.11 Å². The Hall–Kier alpha value is -0.940. The molecule has 98 valence electrons. The predicted octanol–water partition coefficient (Wildman–Crippen LogP) is 2.43. The van der Waals surface area contributed by atoms with Crippen molar-refractivity contribution in [3.05, 3.63) is 34.1 Å². The summed E-state index contributed by atoms with van der Waals surface area (Å²) >= 11 is 3.27. The number of amides is 1. The number of nitrogens with zero attached hydrogens (tertiary/aromatic N) is 1. The lowest BCUT2D eigenvalue weighted by Gasteiger charge is -2.17. The minimum Gasteiger partial charge on any atom is -0.396 e. The van der Waals surface area contributed by atoms with E-state index in [1.165, 1.54) is 12.1 Å². The van der Waals surface area contributed by atoms with Crippen LogP contribution in [0.4, 0.5) is 4.39 Å². The summed E-state index contributed by atoms with van der Waals surface area (Å²) in [5.41, 5.74) is 0.361. The van der Waals surface area contributed by atoms with Gasteiger partial charge in [0.1, 0.15) is 5.82 Å². The van der Waals surface area contributed by atoms with Gasteiger partial charge in [-0.05, 0) is 52.9 Å². The zero-order valence-electron chi connectivity index (χ0n) is 9.90. The van der Waals surface area contributed by atoms with Crippen LogP contribution in [0.15, 0.2) is 22.7 Å². The fourth-order valence-electron chi connectivity index (χ4n) is 2.27. The Balaban J connectivity index is 2.10. The van der Waals surface area contributed by atoms with E-state index in [9.17, 15) is 9.18 Å². The van der Waals surface area contributed by atoms with Crippen LogP contribution in [0.5, 0.6) is 0 Å². The number of hydrogen-bond acceptors (Lipinski definition) is 2. The summed E-state index contributed by atoms with van der Waals surface area (Å²) in [6, 6.07) is 4.12. The number of aliphatic hydroxyl groups is 1. The smallest absolute Gasteiger partial charge is 0.255 e. The molecule has 1 aromatic carbocycles. The Bertz CT molecular complexity index is 453. The van der Waals surface area contributed by atoms with Crippen LogP contribution in [0.25, 0.3) is 0 Å². The first kappa shape index (κ1) is 13.5. The van der Waals surface area contributed by atoms with Crippen molar-refractivity contribution in [2.24, 2.45) is 5.92 Å². The Kier molecular flexibility index (Phi) is 4.35. The van der Waals surface area contributed by atoms with E-state index in [2.05, 4.69) is 15.9 Å². The minimum atomic E-state index is -0.410. The Morgan fingerprint density at radius 3 is 3.06 bits per heavy atom. The van der Waals surface area contributed by atoms with E-state index in [0.717, 1.165) is 6.42 Å². The highest BCUT2D eigenvalue weighted by Crippen LogP contribution is 2.24. The van der Waals surface area contributed by atoms with Gasteiger partial charge in [0.15, 0.2) is 0 Å². The normalized spacial score (nSPS) is 19.3. The number of carbonyl (C=O) groups excluding carboxylic acids is 1. The van der Waals surface area contributed by atoms with Crippen molar-refractivity contribution in [3.63, 3.8) is 0 Å². The van der Waals surface area contributed by atoms with Gasteiger partial charge in [-0.15, -0.1) is 0 Å². The Labute approximate surface area is 114 Å². The third-order valence-corrected chi connectivity index (χ3v) is 3.96. The fraction of sp³-hybridized carbons (Fsp3) is 0.462. The monoisotopic (exact) mass is 315 g/mol. The van der Waals surface area contributed by atoms with Gasteiger partial charge in [-0.1, -0.05) is 0 Å². The van der Waals surface area contributed by atoms with E-state index < -0.39 is 5.82 Å². The first-order valence-corrected chi connectivity index (χ1v) is 6.76. The average Bonchev–Trinajstić information content (AvgIpc) is 2.80. The van der Waals surface area contributed by atoms with Crippen molar-refractivity contribution in [2.45, 2.75) is 12.8 Å². The molecule has 1 aromatic rings. The van der Waals surface area contributed by atoms with Crippen molar-refractivity contribution in [3.8, 4) is 0 Å². The molecule has 3 nitrogen and oxygen atoms in total. The second-order valence-corrected chi connectivity index (χ2v) is 5.40. The van der Waals surface area contributed by atoms with Crippen LogP contribution in [0.3, 0.4) is 0 Å². The summed E-state index contributed by atoms with van der Waals surface area (Å²) in [5.74, 6) is -0.208. The van der Waals surface area contributed by atoms with E-state index in [1.807, 2.05) is 0 Å². The average molecular weight is 316 g/mol. The van der Waals surface area contributed by atoms with Gasteiger partial charge in [0, 0.05) is 24.2 Å². The van der Waals surface area contributed by atoms with Gasteiger partial charge in [-0.3, -0.25) is 4.79 Å². The van der Waals surface area contributed by atoms with Crippen LogP contribution in [-0.2, 0) is 0 Å². The number of aliphatic hydroxyl groups excluding tert-OH is 1. The summed E-state index contributed by atoms with van der Waals surface area (Å²) in [6.45, 7) is 1.46. The molecule has 2 rings (SSSR count). The highest BCUT2D eigenvalue weighted by atomic mass is 79.9. The lowest BCUT2D eigenvalue weighted by molar-refractivity contribution is 0.0783. The number of carbonyl (C=O) groups is 1. The maximum absolute atomic E-state index is 13.2. The van der Waals surface area contributed by atoms with Crippen molar-refractivity contribution in [2.75, 3.05) is 19.7 Å². The molecule has 1 unspecified atom stereocenters. The zero-order chi connectivity index (χ0) is 13.1. The highest BCUT2D eigenvalue weighted by molar-refractivity contribution is 9.10. The third-order valence-electron chi connectivity index (χ3n) is 3.27. The Morgan fingerprint density at radius 1 is 1.56 bits per heavy atom. The number of benzene rings is 1. The van der Waals surface area contributed by atoms with Crippen LogP contribution in [0.2, 0.25) is 0 Å². The summed E-state index contributed by atoms with van der Waals surface area (Å²) in [5, 5.41) is 8.89. The SMILES string of the molecule is O=C(c1cc(F)ccc1Br)N1CCC(CCO)C1. The van der Waals surface area contributed by atoms with E-state index >= 15 is 0 Å². The molecule has 0 saturated carbocycles. The third kappa shape index (κ3) is 2.90. The number of rotatable bonds is 3. The van der Waals surface area contributed by atoms with Gasteiger partial charge in [-0.2, -0.15) is 0 Å². The molecule has 5 heteroatoms. The molecule has 1 amide bonds. The summed E-state index contributed by atoms with van der Waals surface area (Å²) < 4.78 is 13.8. The van der Waals surface area contributed by atoms with Gasteiger partial charge >= 0.3 is 0 Å². The minimum absolute atomic E-state index is 0.149. The molecule has 1 atom stereocenters. The van der Waals surface area contributed by atoms with Gasteiger partial charge in [0.05, 0.1) is 5.56 Å². The van der Waals surface area contributed by atoms with Gasteiger partial charge in [-0.25, -0.2) is 4.39 Å². The zero-order valence-corrected chi connectivity index (χ0v) is 11.5. The second-order valence-electron chi connectivity index (χ2n) is 4.54. The van der Waals surface area contributed by atoms with Gasteiger partial charge in [0.25, 0.3) is 5.91 Å². The number of likely N-dealkylation sites (tertiary alicyclic amines) is 1. The maximum atomic E-state index is 13.2. The van der Waals surface area contributed by atoms with Crippen molar-refractivity contribution in [1.29, 1.82) is 0 Å². The highest BCUT2D eigenvalue weighted by Gasteiger charge is 2.27. The van der Waals surface area contributed by atoms with Crippen LogP contribution in [0.1, 0.15) is 23.2 Å². The summed E-state index contributed by atoms with van der Waals surface area (Å²) in [7, 11) is 0. The molecule has 0 bridgehead atoms. The van der Waals surface area contributed by atoms with E-state index in [1.54, 1.807) is 11.0 Å². The van der Waals surface area contributed by atoms with Crippen LogP contribution in [-0.4, -0.2) is 35.6 Å². The van der Waals surface area contributed by atoms with Crippen molar-refractivity contribution in [1.82, 2.24) is 4.90 Å². The molecule has 0 spiro atoms. The molecule has 1 heterocycles. The van der Waals surface area contributed by atoms with Gasteiger partial charge < -0.3 is 10.0 Å². The first-order valence-electron chi connectivity index (χ1n) is 5.97. The lowest BCUT2D eigenvalue weighted by Crippen LogP contribution is -2.29. The molecule has 1 aliphatic rings. The number of halogens is 2. The van der Waals surface area contributed by atoms with Crippen LogP contribution < -0.4 is 0 Å². The van der Waals surface area contributed by atoms with Crippen LogP contribution in [0, 0.1) is 11.7 Å². The molecule has 0 aliphatic carbocycles. The maximum Gasteiger partial charge on any atom is 0.255 e. The summed E-state index contributed by atoms with van der Waals surface area (Å²) in [4.78, 5) is 14.0. The molecule has 1 saturated heterocycles. The van der Waals surface area contributed by atoms with Crippen LogP contribution >= 0.6 is 15.9 Å². The quantitative estimate of drug-likeness (QED) is 0.930. The van der Waals surface area contributed by atoms with Crippen molar-refractivity contribution < 1.29 is 14.3 Å². The summed E-state index contributed by atoms with van der Waals surface area (Å²) in [6.07, 6.45) is 1.62. The molecule has 0 radical (unpaired) electrons. The lowest BCUT2D eigenvalue weighted by atomic mass is 10.1. The topological polar surface area (TPSA) is 40.5 Å². The molecule has 1 aliphatic heterocycles. The fourth-order valence-corrected chi connectivity index (χ4v) is 2.68. The van der Waals surface area contributed by atoms with E-state index in [-0.39, 0.29) is 12.5 Å². The molecule has 18 heavy (non-hydrogen) atoms. The Morgan fingerprint density at radius 2 is 2.33 bits per heavy atom. The largest absolute Gasteiger partial charge is 0.396 e. The molecule has 1 N–H and O–H groups in total. The molecular weight excluding hydrogens is 301 g/mol. The molecule has 1 fully saturated rings. The van der Waals surface area contributed by atoms with Gasteiger partial charge in [0.2, 0.25) is 0 Å².